The third kappa shape index (κ3) is 2.03. The van der Waals surface area contributed by atoms with Crippen molar-refractivity contribution in [2.45, 2.75) is 27.7 Å². The van der Waals surface area contributed by atoms with Crippen LogP contribution in [0, 0.1) is 27.7 Å². The van der Waals surface area contributed by atoms with Crippen molar-refractivity contribution in [3.63, 3.8) is 0 Å². The van der Waals surface area contributed by atoms with Crippen molar-refractivity contribution in [3.8, 4) is 0 Å². The van der Waals surface area contributed by atoms with E-state index in [-0.39, 0.29) is 10.9 Å². The molecule has 3 heterocycles. The summed E-state index contributed by atoms with van der Waals surface area (Å²) in [5.74, 6) is 0. The summed E-state index contributed by atoms with van der Waals surface area (Å²) in [6, 6.07) is 8.46. The van der Waals surface area contributed by atoms with E-state index < -0.39 is 0 Å². The van der Waals surface area contributed by atoms with Crippen LogP contribution < -0.4 is 10.9 Å². The molecule has 7 rings (SSSR count). The van der Waals surface area contributed by atoms with Crippen molar-refractivity contribution in [3.05, 3.63) is 65.6 Å². The first-order chi connectivity index (χ1) is 14.8. The van der Waals surface area contributed by atoms with Gasteiger partial charge in [-0.25, -0.2) is 0 Å². The fraction of sp³-hybridized carbons (Fsp3) is 0.154. The summed E-state index contributed by atoms with van der Waals surface area (Å²) in [4.78, 5) is 29.6. The minimum atomic E-state index is 0.0962. The number of thiophene rings is 3. The summed E-state index contributed by atoms with van der Waals surface area (Å²) in [5, 5.41) is 7.21. The quantitative estimate of drug-likeness (QED) is 0.235. The summed E-state index contributed by atoms with van der Waals surface area (Å²) in [7, 11) is 0. The zero-order valence-electron chi connectivity index (χ0n) is 17.4. The van der Waals surface area contributed by atoms with Gasteiger partial charge < -0.3 is 0 Å². The maximum Gasteiger partial charge on any atom is 0.197 e. The minimum absolute atomic E-state index is 0.0962. The second-order valence-corrected chi connectivity index (χ2v) is 12.2. The monoisotopic (exact) mass is 456 g/mol. The Morgan fingerprint density at radius 2 is 1.10 bits per heavy atom. The topological polar surface area (TPSA) is 34.1 Å². The van der Waals surface area contributed by atoms with Crippen LogP contribution in [0.15, 0.2) is 33.9 Å². The van der Waals surface area contributed by atoms with Gasteiger partial charge in [0, 0.05) is 50.8 Å². The highest BCUT2D eigenvalue weighted by Crippen LogP contribution is 2.46. The van der Waals surface area contributed by atoms with Crippen LogP contribution in [0.1, 0.15) is 20.9 Å². The van der Waals surface area contributed by atoms with Gasteiger partial charge in [-0.05, 0) is 73.9 Å². The summed E-state index contributed by atoms with van der Waals surface area (Å²) >= 11 is 5.11. The molecule has 4 aromatic carbocycles. The summed E-state index contributed by atoms with van der Waals surface area (Å²) in [5.41, 5.74) is 2.36. The third-order valence-corrected chi connectivity index (χ3v) is 9.98. The van der Waals surface area contributed by atoms with E-state index in [4.69, 9.17) is 0 Å². The van der Waals surface area contributed by atoms with Crippen LogP contribution >= 0.6 is 34.0 Å². The molecule has 0 amide bonds. The van der Waals surface area contributed by atoms with Crippen molar-refractivity contribution >= 4 is 95.9 Å². The van der Waals surface area contributed by atoms with Crippen molar-refractivity contribution in [1.29, 1.82) is 0 Å². The highest BCUT2D eigenvalue weighted by Gasteiger charge is 2.24. The molecule has 0 unspecified atom stereocenters. The molecule has 0 aliphatic heterocycles. The Morgan fingerprint density at radius 3 is 1.81 bits per heavy atom. The summed E-state index contributed by atoms with van der Waals surface area (Å²) in [6.45, 7) is 8.28. The maximum atomic E-state index is 13.8. The van der Waals surface area contributed by atoms with Crippen LogP contribution in [0.3, 0.4) is 0 Å². The second-order valence-electron chi connectivity index (χ2n) is 8.60. The predicted molar refractivity (Wildman–Crippen MR) is 139 cm³/mol. The fourth-order valence-electron chi connectivity index (χ4n) is 5.38. The van der Waals surface area contributed by atoms with Crippen LogP contribution in [0.2, 0.25) is 0 Å². The van der Waals surface area contributed by atoms with E-state index in [1.807, 2.05) is 13.0 Å². The second kappa shape index (κ2) is 5.60. The first kappa shape index (κ1) is 18.0. The van der Waals surface area contributed by atoms with Crippen molar-refractivity contribution < 1.29 is 0 Å². The number of hydrogen-bond acceptors (Lipinski definition) is 5. The van der Waals surface area contributed by atoms with E-state index in [2.05, 4.69) is 39.0 Å². The predicted octanol–water partition coefficient (Wildman–Crippen LogP) is 7.62. The SMILES string of the molecule is Cc1cc2c(=O)c3c4cc(C)c5c6sc7cc(C)sc7c6c(=O)c5c4cc(C)c3c2s1. The first-order valence-corrected chi connectivity index (χ1v) is 12.6. The number of aryl methyl sites for hydroxylation is 4. The normalized spacial score (nSPS) is 12.8. The number of fused-ring (bicyclic) bond motifs is 11. The molecule has 3 aromatic heterocycles. The Morgan fingerprint density at radius 1 is 0.516 bits per heavy atom. The third-order valence-electron chi connectivity index (χ3n) is 6.56. The van der Waals surface area contributed by atoms with Crippen LogP contribution in [0.5, 0.6) is 0 Å². The number of rotatable bonds is 0. The van der Waals surface area contributed by atoms with Gasteiger partial charge in [0.05, 0.1) is 10.1 Å². The zero-order chi connectivity index (χ0) is 21.3. The van der Waals surface area contributed by atoms with E-state index in [0.29, 0.717) is 0 Å². The van der Waals surface area contributed by atoms with Gasteiger partial charge in [-0.3, -0.25) is 9.59 Å². The molecule has 0 spiro atoms. The standard InChI is InChI=1S/C26H16O2S3/c1-9-5-14-13(19-17(9)24-15(22(19)27)7-11(3)29-24)6-10(2)18-20(14)23(28)21-25-16(31-26(18)21)8-12(4)30-25/h5-8H,1-4H3. The molecule has 0 bridgehead atoms. The minimum Gasteiger partial charge on any atom is -0.289 e. The molecule has 0 saturated carbocycles. The highest BCUT2D eigenvalue weighted by molar-refractivity contribution is 7.33. The molecule has 0 saturated heterocycles. The summed E-state index contributed by atoms with van der Waals surface area (Å²) in [6.07, 6.45) is 0. The smallest absolute Gasteiger partial charge is 0.197 e. The molecule has 0 aliphatic carbocycles. The van der Waals surface area contributed by atoms with Crippen LogP contribution in [-0.2, 0) is 0 Å². The first-order valence-electron chi connectivity index (χ1n) is 10.2. The largest absolute Gasteiger partial charge is 0.289 e. The Kier molecular flexibility index (Phi) is 3.25. The summed E-state index contributed by atoms with van der Waals surface area (Å²) < 4.78 is 4.49. The average molecular weight is 457 g/mol. The highest BCUT2D eigenvalue weighted by atomic mass is 32.1. The van der Waals surface area contributed by atoms with Gasteiger partial charge in [0.2, 0.25) is 0 Å². The van der Waals surface area contributed by atoms with Gasteiger partial charge in [0.15, 0.2) is 10.9 Å². The molecule has 0 fully saturated rings. The maximum absolute atomic E-state index is 13.8. The lowest BCUT2D eigenvalue weighted by Gasteiger charge is -2.08. The van der Waals surface area contributed by atoms with E-state index in [1.54, 1.807) is 34.0 Å². The van der Waals surface area contributed by atoms with E-state index >= 15 is 0 Å². The van der Waals surface area contributed by atoms with E-state index in [0.717, 1.165) is 73.2 Å². The Hall–Kier alpha value is -2.60. The lowest BCUT2D eigenvalue weighted by molar-refractivity contribution is 1.56. The zero-order valence-corrected chi connectivity index (χ0v) is 19.8. The molecule has 0 N–H and O–H groups in total. The average Bonchev–Trinajstić information content (AvgIpc) is 3.45. The Bertz CT molecular complexity index is 2020. The molecular weight excluding hydrogens is 440 g/mol. The van der Waals surface area contributed by atoms with Gasteiger partial charge in [-0.1, -0.05) is 0 Å². The lowest BCUT2D eigenvalue weighted by Crippen LogP contribution is -1.99. The van der Waals surface area contributed by atoms with E-state index in [1.165, 1.54) is 9.58 Å². The number of benzene rings is 2. The fourth-order valence-corrected chi connectivity index (χ4v) is 9.16. The molecule has 0 aliphatic rings. The van der Waals surface area contributed by atoms with Crippen LogP contribution in [0.25, 0.3) is 61.9 Å². The molecule has 150 valence electrons. The molecule has 7 aromatic rings. The number of hydrogen-bond donors (Lipinski definition) is 0. The van der Waals surface area contributed by atoms with E-state index in [9.17, 15) is 9.59 Å². The van der Waals surface area contributed by atoms with Gasteiger partial charge in [-0.2, -0.15) is 0 Å². The lowest BCUT2D eigenvalue weighted by atomic mass is 9.95. The molecule has 0 radical (unpaired) electrons. The van der Waals surface area contributed by atoms with Crippen LogP contribution in [0.4, 0.5) is 0 Å². The molecular formula is C26H16O2S3. The Balaban J connectivity index is 1.80. The molecule has 31 heavy (non-hydrogen) atoms. The molecule has 0 atom stereocenters. The van der Waals surface area contributed by atoms with Crippen molar-refractivity contribution in [1.82, 2.24) is 0 Å². The Labute approximate surface area is 188 Å². The van der Waals surface area contributed by atoms with Gasteiger partial charge >= 0.3 is 0 Å². The van der Waals surface area contributed by atoms with Gasteiger partial charge in [-0.15, -0.1) is 34.0 Å². The van der Waals surface area contributed by atoms with Crippen LogP contribution in [-0.4, -0.2) is 0 Å². The van der Waals surface area contributed by atoms with Gasteiger partial charge in [0.1, 0.15) is 0 Å². The molecule has 5 heteroatoms. The van der Waals surface area contributed by atoms with Crippen molar-refractivity contribution in [2.75, 3.05) is 0 Å². The van der Waals surface area contributed by atoms with Gasteiger partial charge in [0.25, 0.3) is 0 Å². The van der Waals surface area contributed by atoms with Crippen molar-refractivity contribution in [2.24, 2.45) is 0 Å². The molecule has 2 nitrogen and oxygen atoms in total.